The molecule has 2 aliphatic rings. The fourth-order valence-corrected chi connectivity index (χ4v) is 5.33. The van der Waals surface area contributed by atoms with Gasteiger partial charge in [-0.05, 0) is 81.8 Å². The largest absolute Gasteiger partial charge is 0.162 e. The summed E-state index contributed by atoms with van der Waals surface area (Å²) in [6.07, 6.45) is 14.6. The predicted octanol–water partition coefficient (Wildman–Crippen LogP) is 4.78. The molecule has 1 atom stereocenters. The maximum Gasteiger partial charge on any atom is 0.00444 e. The minimum atomic E-state index is 0.990. The topological polar surface area (TPSA) is 0 Å². The maximum absolute atomic E-state index is 2.40. The molecule has 0 aromatic carbocycles. The lowest BCUT2D eigenvalue weighted by molar-refractivity contribution is 0.200. The maximum atomic E-state index is 2.40. The molecule has 2 aliphatic carbocycles. The van der Waals surface area contributed by atoms with Crippen LogP contribution in [0.3, 0.4) is 0 Å². The average molecular weight is 258 g/mol. The van der Waals surface area contributed by atoms with Gasteiger partial charge in [0, 0.05) is 5.25 Å². The van der Waals surface area contributed by atoms with E-state index in [2.05, 4.69) is 24.7 Å². The third-order valence-electron chi connectivity index (χ3n) is 4.90. The van der Waals surface area contributed by atoms with Gasteiger partial charge >= 0.3 is 0 Å². The van der Waals surface area contributed by atoms with Crippen molar-refractivity contribution in [2.24, 2.45) is 11.8 Å². The highest BCUT2D eigenvalue weighted by Crippen LogP contribution is 2.42. The third kappa shape index (κ3) is 3.39. The van der Waals surface area contributed by atoms with Crippen LogP contribution in [0, 0.1) is 11.8 Å². The van der Waals surface area contributed by atoms with Crippen LogP contribution in [-0.4, -0.2) is 23.8 Å². The first-order valence-corrected chi connectivity index (χ1v) is 9.90. The van der Waals surface area contributed by atoms with Crippen molar-refractivity contribution in [2.75, 3.05) is 12.9 Å². The van der Waals surface area contributed by atoms with Crippen molar-refractivity contribution in [2.45, 2.75) is 62.3 Å². The number of thioether (sulfide) groups is 1. The molecule has 2 rings (SSSR count). The second-order valence-electron chi connectivity index (χ2n) is 5.67. The average Bonchev–Trinajstić information content (AvgIpc) is 2.39. The summed E-state index contributed by atoms with van der Waals surface area (Å²) < 4.78 is 0. The quantitative estimate of drug-likeness (QED) is 0.657. The number of hydrogen-bond acceptors (Lipinski definition) is 1. The zero-order valence-electron chi connectivity index (χ0n) is 10.9. The molecular formula is C14H27PS. The summed E-state index contributed by atoms with van der Waals surface area (Å²) in [4.78, 5) is 0. The molecule has 0 N–H and O–H groups in total. The van der Waals surface area contributed by atoms with Crippen molar-refractivity contribution < 1.29 is 0 Å². The van der Waals surface area contributed by atoms with Gasteiger partial charge in [-0.15, -0.1) is 8.58 Å². The molecule has 0 amide bonds. The van der Waals surface area contributed by atoms with Crippen molar-refractivity contribution in [1.29, 1.82) is 0 Å². The first-order chi connectivity index (χ1) is 7.83. The van der Waals surface area contributed by atoms with Gasteiger partial charge in [0.2, 0.25) is 0 Å². The monoisotopic (exact) mass is 258 g/mol. The Bertz CT molecular complexity index is 169. The molecule has 2 fully saturated rings. The summed E-state index contributed by atoms with van der Waals surface area (Å²) >= 11 is 2.10. The van der Waals surface area contributed by atoms with Gasteiger partial charge in [0.25, 0.3) is 0 Å². The molecule has 0 aromatic heterocycles. The van der Waals surface area contributed by atoms with Gasteiger partial charge in [0.1, 0.15) is 0 Å². The molecule has 0 nitrogen and oxygen atoms in total. The van der Waals surface area contributed by atoms with Crippen LogP contribution in [0.1, 0.15) is 51.4 Å². The van der Waals surface area contributed by atoms with Gasteiger partial charge in [0.15, 0.2) is 0 Å². The highest BCUT2D eigenvalue weighted by atomic mass is 32.2. The van der Waals surface area contributed by atoms with E-state index in [1.807, 2.05) is 0 Å². The van der Waals surface area contributed by atoms with Crippen molar-refractivity contribution in [3.63, 3.8) is 0 Å². The van der Waals surface area contributed by atoms with E-state index in [1.165, 1.54) is 34.3 Å². The van der Waals surface area contributed by atoms with Crippen LogP contribution in [0.5, 0.6) is 0 Å². The van der Waals surface area contributed by atoms with Gasteiger partial charge in [-0.2, -0.15) is 11.8 Å². The van der Waals surface area contributed by atoms with Crippen molar-refractivity contribution in [1.82, 2.24) is 0 Å². The zero-order valence-corrected chi connectivity index (χ0v) is 12.7. The molecule has 94 valence electrons. The Balaban J connectivity index is 1.73. The van der Waals surface area contributed by atoms with Crippen LogP contribution >= 0.6 is 20.3 Å². The second kappa shape index (κ2) is 6.64. The zero-order chi connectivity index (χ0) is 11.4. The van der Waals surface area contributed by atoms with E-state index in [-0.39, 0.29) is 0 Å². The molecule has 16 heavy (non-hydrogen) atoms. The van der Waals surface area contributed by atoms with Gasteiger partial charge in [-0.25, -0.2) is 0 Å². The molecule has 0 radical (unpaired) electrons. The van der Waals surface area contributed by atoms with Crippen LogP contribution in [0.25, 0.3) is 0 Å². The standard InChI is InChI=1S/C14H27PS/c1-15-13-7-3-11(4-8-13)12-5-9-14(16-2)10-6-12/h11-15H,3-10H2,1-2H3. The number of hydrogen-bond donors (Lipinski definition) is 0. The molecule has 0 bridgehead atoms. The van der Waals surface area contributed by atoms with Crippen LogP contribution in [-0.2, 0) is 0 Å². The van der Waals surface area contributed by atoms with E-state index in [0.29, 0.717) is 0 Å². The molecule has 1 unspecified atom stereocenters. The first kappa shape index (κ1) is 13.2. The summed E-state index contributed by atoms with van der Waals surface area (Å²) in [5, 5.41) is 0.990. The SMILES string of the molecule is CPC1CCC(C2CCC(SC)CC2)CC1. The third-order valence-corrected chi connectivity index (χ3v) is 7.43. The normalized spacial score (nSPS) is 41.6. The highest BCUT2D eigenvalue weighted by Gasteiger charge is 2.30. The van der Waals surface area contributed by atoms with Crippen molar-refractivity contribution in [3.8, 4) is 0 Å². The molecule has 2 heteroatoms. The van der Waals surface area contributed by atoms with Crippen LogP contribution < -0.4 is 0 Å². The predicted molar refractivity (Wildman–Crippen MR) is 79.2 cm³/mol. The summed E-state index contributed by atoms with van der Waals surface area (Å²) in [5.74, 6) is 2.21. The van der Waals surface area contributed by atoms with Crippen LogP contribution in [0.2, 0.25) is 0 Å². The highest BCUT2D eigenvalue weighted by molar-refractivity contribution is 7.99. The summed E-state index contributed by atoms with van der Waals surface area (Å²) in [7, 11) is 1.20. The molecule has 0 aliphatic heterocycles. The summed E-state index contributed by atoms with van der Waals surface area (Å²) in [6, 6.07) is 0. The lowest BCUT2D eigenvalue weighted by atomic mass is 9.73. The Morgan fingerprint density at radius 3 is 1.75 bits per heavy atom. The fraction of sp³-hybridized carbons (Fsp3) is 1.00. The summed E-state index contributed by atoms with van der Waals surface area (Å²) in [5.41, 5.74) is 1.10. The van der Waals surface area contributed by atoms with Crippen LogP contribution in [0.4, 0.5) is 0 Å². The minimum absolute atomic E-state index is 0.990. The van der Waals surface area contributed by atoms with E-state index >= 15 is 0 Å². The van der Waals surface area contributed by atoms with E-state index in [4.69, 9.17) is 0 Å². The van der Waals surface area contributed by atoms with E-state index in [1.54, 1.807) is 25.7 Å². The molecule has 0 aromatic rings. The Morgan fingerprint density at radius 1 is 0.812 bits per heavy atom. The van der Waals surface area contributed by atoms with Crippen molar-refractivity contribution >= 4 is 20.3 Å². The van der Waals surface area contributed by atoms with E-state index in [0.717, 1.165) is 22.7 Å². The lowest BCUT2D eigenvalue weighted by Gasteiger charge is -2.37. The van der Waals surface area contributed by atoms with E-state index in [9.17, 15) is 0 Å². The first-order valence-electron chi connectivity index (χ1n) is 7.03. The van der Waals surface area contributed by atoms with Gasteiger partial charge in [-0.1, -0.05) is 0 Å². The molecule has 0 saturated heterocycles. The Morgan fingerprint density at radius 2 is 1.31 bits per heavy atom. The summed E-state index contributed by atoms with van der Waals surface area (Å²) in [6.45, 7) is 2.40. The molecule has 2 saturated carbocycles. The lowest BCUT2D eigenvalue weighted by Crippen LogP contribution is -2.26. The molecular weight excluding hydrogens is 231 g/mol. The molecule has 0 heterocycles. The Labute approximate surface area is 108 Å². The van der Waals surface area contributed by atoms with Crippen LogP contribution in [0.15, 0.2) is 0 Å². The number of rotatable bonds is 3. The Kier molecular flexibility index (Phi) is 5.49. The van der Waals surface area contributed by atoms with Gasteiger partial charge in [0.05, 0.1) is 0 Å². The van der Waals surface area contributed by atoms with Gasteiger partial charge in [-0.3, -0.25) is 0 Å². The van der Waals surface area contributed by atoms with Crippen molar-refractivity contribution in [3.05, 3.63) is 0 Å². The second-order valence-corrected chi connectivity index (χ2v) is 8.20. The van der Waals surface area contributed by atoms with E-state index < -0.39 is 0 Å². The molecule has 0 spiro atoms. The minimum Gasteiger partial charge on any atom is -0.162 e. The smallest absolute Gasteiger partial charge is 0.00444 e. The Hall–Kier alpha value is 0.780. The fourth-order valence-electron chi connectivity index (χ4n) is 3.67. The van der Waals surface area contributed by atoms with Gasteiger partial charge < -0.3 is 0 Å².